The van der Waals surface area contributed by atoms with Gasteiger partial charge in [0.15, 0.2) is 0 Å². The monoisotopic (exact) mass is 160 g/mol. The Morgan fingerprint density at radius 1 is 1.82 bits per heavy atom. The molecule has 4 heteroatoms. The topological polar surface area (TPSA) is 46.3 Å². The average Bonchev–Trinajstić information content (AvgIpc) is 2.34. The van der Waals surface area contributed by atoms with E-state index in [1.807, 2.05) is 0 Å². The van der Waals surface area contributed by atoms with Gasteiger partial charge in [-0.25, -0.2) is 4.39 Å². The molecule has 0 saturated carbocycles. The number of carbonyl (C=O) groups excluding carboxylic acids is 1. The van der Waals surface area contributed by atoms with Crippen LogP contribution in [0.4, 0.5) is 4.39 Å². The summed E-state index contributed by atoms with van der Waals surface area (Å²) < 4.78 is 12.6. The second-order valence-corrected chi connectivity index (χ2v) is 2.96. The highest BCUT2D eigenvalue weighted by atomic mass is 19.1. The summed E-state index contributed by atoms with van der Waals surface area (Å²) in [5, 5.41) is 0. The van der Waals surface area contributed by atoms with Crippen LogP contribution in [0.25, 0.3) is 0 Å². The molecule has 2 N–H and O–H groups in total. The quantitative estimate of drug-likeness (QED) is 0.582. The van der Waals surface area contributed by atoms with Crippen molar-refractivity contribution in [3.05, 3.63) is 0 Å². The molecule has 0 aromatic carbocycles. The van der Waals surface area contributed by atoms with Crippen LogP contribution in [0.2, 0.25) is 0 Å². The first-order chi connectivity index (χ1) is 5.11. The van der Waals surface area contributed by atoms with Gasteiger partial charge in [0.05, 0.1) is 12.6 Å². The smallest absolute Gasteiger partial charge is 0.239 e. The SMILES string of the molecule is C[C@@H](N)C(=O)N1CC[C@H](F)C1. The third-order valence-electron chi connectivity index (χ3n) is 1.83. The number of alkyl halides is 1. The second kappa shape index (κ2) is 3.17. The summed E-state index contributed by atoms with van der Waals surface area (Å²) in [5.74, 6) is -0.148. The van der Waals surface area contributed by atoms with Crippen molar-refractivity contribution in [1.29, 1.82) is 0 Å². The van der Waals surface area contributed by atoms with Crippen LogP contribution in [0.5, 0.6) is 0 Å². The number of nitrogens with zero attached hydrogens (tertiary/aromatic N) is 1. The number of nitrogens with two attached hydrogens (primary N) is 1. The van der Waals surface area contributed by atoms with Gasteiger partial charge in [-0.05, 0) is 13.3 Å². The van der Waals surface area contributed by atoms with E-state index in [1.54, 1.807) is 6.92 Å². The summed E-state index contributed by atoms with van der Waals surface area (Å²) in [7, 11) is 0. The molecule has 1 fully saturated rings. The standard InChI is InChI=1S/C7H13FN2O/c1-5(9)7(11)10-3-2-6(8)4-10/h5-6H,2-4,9H2,1H3/t5-,6+/m1/s1. The number of likely N-dealkylation sites (tertiary alicyclic amines) is 1. The summed E-state index contributed by atoms with van der Waals surface area (Å²) in [6.45, 7) is 2.36. The lowest BCUT2D eigenvalue weighted by atomic mass is 10.3. The van der Waals surface area contributed by atoms with Crippen molar-refractivity contribution in [3.63, 3.8) is 0 Å². The van der Waals surface area contributed by atoms with E-state index in [0.717, 1.165) is 0 Å². The van der Waals surface area contributed by atoms with Crippen molar-refractivity contribution in [3.8, 4) is 0 Å². The molecule has 0 spiro atoms. The van der Waals surface area contributed by atoms with Gasteiger partial charge in [-0.1, -0.05) is 0 Å². The molecule has 1 saturated heterocycles. The van der Waals surface area contributed by atoms with E-state index in [1.165, 1.54) is 4.90 Å². The van der Waals surface area contributed by atoms with E-state index >= 15 is 0 Å². The number of carbonyl (C=O) groups is 1. The van der Waals surface area contributed by atoms with E-state index < -0.39 is 12.2 Å². The maximum Gasteiger partial charge on any atom is 0.239 e. The molecule has 0 aliphatic carbocycles. The van der Waals surface area contributed by atoms with Crippen molar-refractivity contribution in [2.45, 2.75) is 25.6 Å². The molecule has 1 rings (SSSR count). The lowest BCUT2D eigenvalue weighted by molar-refractivity contribution is -0.131. The van der Waals surface area contributed by atoms with Crippen LogP contribution in [0.15, 0.2) is 0 Å². The fourth-order valence-electron chi connectivity index (χ4n) is 1.21. The van der Waals surface area contributed by atoms with Gasteiger partial charge < -0.3 is 10.6 Å². The number of hydrogen-bond acceptors (Lipinski definition) is 2. The maximum absolute atomic E-state index is 12.6. The minimum atomic E-state index is -0.849. The van der Waals surface area contributed by atoms with Gasteiger partial charge in [-0.3, -0.25) is 4.79 Å². The Bertz CT molecular complexity index is 161. The first-order valence-corrected chi connectivity index (χ1v) is 3.79. The maximum atomic E-state index is 12.6. The molecule has 2 atom stereocenters. The Labute approximate surface area is 65.3 Å². The summed E-state index contributed by atoms with van der Waals surface area (Å²) in [5.41, 5.74) is 5.35. The Kier molecular flexibility index (Phi) is 2.44. The van der Waals surface area contributed by atoms with Crippen LogP contribution in [0.3, 0.4) is 0 Å². The van der Waals surface area contributed by atoms with E-state index in [0.29, 0.717) is 13.0 Å². The number of halogens is 1. The lowest BCUT2D eigenvalue weighted by Gasteiger charge is -2.16. The van der Waals surface area contributed by atoms with Crippen molar-refractivity contribution >= 4 is 5.91 Å². The largest absolute Gasteiger partial charge is 0.338 e. The van der Waals surface area contributed by atoms with Crippen LogP contribution in [0.1, 0.15) is 13.3 Å². The van der Waals surface area contributed by atoms with E-state index in [-0.39, 0.29) is 12.5 Å². The normalized spacial score (nSPS) is 27.2. The van der Waals surface area contributed by atoms with E-state index in [2.05, 4.69) is 0 Å². The molecule has 1 aliphatic rings. The molecule has 0 bridgehead atoms. The minimum Gasteiger partial charge on any atom is -0.338 e. The molecule has 11 heavy (non-hydrogen) atoms. The Hall–Kier alpha value is -0.640. The van der Waals surface area contributed by atoms with Gasteiger partial charge in [0.1, 0.15) is 6.17 Å². The highest BCUT2D eigenvalue weighted by Crippen LogP contribution is 2.12. The highest BCUT2D eigenvalue weighted by molar-refractivity contribution is 5.81. The zero-order valence-corrected chi connectivity index (χ0v) is 6.59. The predicted molar refractivity (Wildman–Crippen MR) is 39.7 cm³/mol. The Morgan fingerprint density at radius 2 is 2.45 bits per heavy atom. The summed E-state index contributed by atoms with van der Waals surface area (Å²) >= 11 is 0. The minimum absolute atomic E-state index is 0.148. The summed E-state index contributed by atoms with van der Waals surface area (Å²) in [6, 6.07) is -0.500. The molecule has 0 aromatic rings. The van der Waals surface area contributed by atoms with Gasteiger partial charge in [0.25, 0.3) is 0 Å². The van der Waals surface area contributed by atoms with E-state index in [4.69, 9.17) is 5.73 Å². The summed E-state index contributed by atoms with van der Waals surface area (Å²) in [6.07, 6.45) is -0.393. The van der Waals surface area contributed by atoms with Crippen molar-refractivity contribution in [2.75, 3.05) is 13.1 Å². The second-order valence-electron chi connectivity index (χ2n) is 2.96. The first-order valence-electron chi connectivity index (χ1n) is 3.79. The summed E-state index contributed by atoms with van der Waals surface area (Å²) in [4.78, 5) is 12.6. The number of rotatable bonds is 1. The van der Waals surface area contributed by atoms with Gasteiger partial charge >= 0.3 is 0 Å². The molecule has 1 amide bonds. The zero-order valence-electron chi connectivity index (χ0n) is 6.59. The van der Waals surface area contributed by atoms with Crippen LogP contribution in [-0.4, -0.2) is 36.1 Å². The fourth-order valence-corrected chi connectivity index (χ4v) is 1.21. The molecule has 0 unspecified atom stereocenters. The molecule has 3 nitrogen and oxygen atoms in total. The molecule has 1 heterocycles. The molecule has 0 radical (unpaired) electrons. The van der Waals surface area contributed by atoms with Crippen LogP contribution >= 0.6 is 0 Å². The number of amides is 1. The van der Waals surface area contributed by atoms with Gasteiger partial charge in [0.2, 0.25) is 5.91 Å². The zero-order chi connectivity index (χ0) is 8.43. The van der Waals surface area contributed by atoms with Crippen molar-refractivity contribution in [2.24, 2.45) is 5.73 Å². The van der Waals surface area contributed by atoms with Gasteiger partial charge in [-0.2, -0.15) is 0 Å². The van der Waals surface area contributed by atoms with Crippen LogP contribution in [-0.2, 0) is 4.79 Å². The molecular weight excluding hydrogens is 147 g/mol. The third kappa shape index (κ3) is 1.89. The van der Waals surface area contributed by atoms with Gasteiger partial charge in [-0.15, -0.1) is 0 Å². The molecular formula is C7H13FN2O. The molecule has 64 valence electrons. The van der Waals surface area contributed by atoms with Gasteiger partial charge in [0, 0.05) is 6.54 Å². The van der Waals surface area contributed by atoms with Crippen LogP contribution in [0, 0.1) is 0 Å². The Morgan fingerprint density at radius 3 is 2.82 bits per heavy atom. The number of hydrogen-bond donors (Lipinski definition) is 1. The van der Waals surface area contributed by atoms with Crippen LogP contribution < -0.4 is 5.73 Å². The third-order valence-corrected chi connectivity index (χ3v) is 1.83. The average molecular weight is 160 g/mol. The van der Waals surface area contributed by atoms with E-state index in [9.17, 15) is 9.18 Å². The van der Waals surface area contributed by atoms with Crippen molar-refractivity contribution < 1.29 is 9.18 Å². The lowest BCUT2D eigenvalue weighted by Crippen LogP contribution is -2.40. The van der Waals surface area contributed by atoms with Crippen molar-refractivity contribution in [1.82, 2.24) is 4.90 Å². The molecule has 0 aromatic heterocycles. The fraction of sp³-hybridized carbons (Fsp3) is 0.857. The highest BCUT2D eigenvalue weighted by Gasteiger charge is 2.27. The Balaban J connectivity index is 2.43. The predicted octanol–water partition coefficient (Wildman–Crippen LogP) is -0.0960. The molecule has 1 aliphatic heterocycles. The first kappa shape index (κ1) is 8.46.